The zero-order valence-corrected chi connectivity index (χ0v) is 15.5. The Balaban J connectivity index is 2.06. The summed E-state index contributed by atoms with van der Waals surface area (Å²) in [5, 5.41) is 1.24. The summed E-state index contributed by atoms with van der Waals surface area (Å²) in [5.41, 5.74) is 5.22. The highest BCUT2D eigenvalue weighted by Gasteiger charge is 2.24. The van der Waals surface area contributed by atoms with Gasteiger partial charge in [0.15, 0.2) is 0 Å². The average Bonchev–Trinajstić information content (AvgIpc) is 2.93. The van der Waals surface area contributed by atoms with Crippen molar-refractivity contribution in [3.8, 4) is 5.88 Å². The molecule has 3 aromatic rings. The van der Waals surface area contributed by atoms with Gasteiger partial charge in [0.05, 0.1) is 11.6 Å². The lowest BCUT2D eigenvalue weighted by Crippen LogP contribution is -2.10. The van der Waals surface area contributed by atoms with Crippen LogP contribution in [0.5, 0.6) is 5.88 Å². The first-order valence-electron chi connectivity index (χ1n) is 8.81. The Morgan fingerprint density at radius 2 is 1.79 bits per heavy atom. The summed E-state index contributed by atoms with van der Waals surface area (Å²) in [6, 6.07) is 0. The molecule has 24 heavy (non-hydrogen) atoms. The number of nitrogens with zero attached hydrogens (tertiary/aromatic N) is 3. The van der Waals surface area contributed by atoms with Gasteiger partial charge < -0.3 is 4.74 Å². The quantitative estimate of drug-likeness (QED) is 0.670. The second-order valence-electron chi connectivity index (χ2n) is 7.12. The van der Waals surface area contributed by atoms with E-state index in [1.807, 2.05) is 13.8 Å². The third-order valence-electron chi connectivity index (χ3n) is 4.62. The number of pyridine rings is 1. The second kappa shape index (κ2) is 5.96. The SMILES string of the molecule is CC(C)Oc1ncnc2c1sc1nc(C(C)C)c3c(c12)CCCC3. The molecule has 1 aliphatic rings. The molecule has 0 radical (unpaired) electrons. The Morgan fingerprint density at radius 1 is 1.04 bits per heavy atom. The Morgan fingerprint density at radius 3 is 2.50 bits per heavy atom. The predicted molar refractivity (Wildman–Crippen MR) is 99.2 cm³/mol. The van der Waals surface area contributed by atoms with Crippen LogP contribution in [0.3, 0.4) is 0 Å². The van der Waals surface area contributed by atoms with Crippen LogP contribution in [0.25, 0.3) is 20.4 Å². The van der Waals surface area contributed by atoms with E-state index in [9.17, 15) is 0 Å². The molecule has 0 atom stereocenters. The van der Waals surface area contributed by atoms with Gasteiger partial charge >= 0.3 is 0 Å². The molecule has 4 nitrogen and oxygen atoms in total. The molecule has 0 fully saturated rings. The molecule has 0 spiro atoms. The van der Waals surface area contributed by atoms with Crippen LogP contribution in [-0.4, -0.2) is 21.1 Å². The van der Waals surface area contributed by atoms with Crippen molar-refractivity contribution in [3.63, 3.8) is 0 Å². The third kappa shape index (κ3) is 2.46. The maximum absolute atomic E-state index is 5.91. The lowest BCUT2D eigenvalue weighted by atomic mass is 9.86. The number of thiophene rings is 1. The molecule has 0 aromatic carbocycles. The van der Waals surface area contributed by atoms with E-state index in [0.29, 0.717) is 11.8 Å². The van der Waals surface area contributed by atoms with Gasteiger partial charge in [0.2, 0.25) is 5.88 Å². The van der Waals surface area contributed by atoms with Crippen LogP contribution in [0.1, 0.15) is 63.3 Å². The van der Waals surface area contributed by atoms with Crippen molar-refractivity contribution in [2.45, 2.75) is 65.4 Å². The van der Waals surface area contributed by atoms with Gasteiger partial charge in [0, 0.05) is 11.1 Å². The summed E-state index contributed by atoms with van der Waals surface area (Å²) in [7, 11) is 0. The first-order chi connectivity index (χ1) is 11.6. The smallest absolute Gasteiger partial charge is 0.235 e. The predicted octanol–water partition coefficient (Wildman–Crippen LogP) is 5.03. The number of aromatic nitrogens is 3. The molecule has 0 aliphatic heterocycles. The topological polar surface area (TPSA) is 47.9 Å². The lowest BCUT2D eigenvalue weighted by molar-refractivity contribution is 0.236. The van der Waals surface area contributed by atoms with Gasteiger partial charge in [0.1, 0.15) is 15.9 Å². The molecule has 4 rings (SSSR count). The van der Waals surface area contributed by atoms with Crippen molar-refractivity contribution < 1.29 is 4.74 Å². The normalized spacial score (nSPS) is 14.8. The minimum atomic E-state index is 0.0985. The molecule has 126 valence electrons. The van der Waals surface area contributed by atoms with Crippen molar-refractivity contribution in [2.75, 3.05) is 0 Å². The van der Waals surface area contributed by atoms with E-state index in [-0.39, 0.29) is 6.10 Å². The fourth-order valence-electron chi connectivity index (χ4n) is 3.65. The third-order valence-corrected chi connectivity index (χ3v) is 5.68. The maximum Gasteiger partial charge on any atom is 0.235 e. The van der Waals surface area contributed by atoms with Crippen molar-refractivity contribution >= 4 is 31.8 Å². The highest BCUT2D eigenvalue weighted by Crippen LogP contribution is 2.42. The summed E-state index contributed by atoms with van der Waals surface area (Å²) < 4.78 is 6.94. The molecule has 0 saturated carbocycles. The van der Waals surface area contributed by atoms with E-state index in [2.05, 4.69) is 23.8 Å². The Kier molecular flexibility index (Phi) is 3.91. The van der Waals surface area contributed by atoms with Crippen LogP contribution in [0.2, 0.25) is 0 Å². The second-order valence-corrected chi connectivity index (χ2v) is 8.12. The van der Waals surface area contributed by atoms with Crippen molar-refractivity contribution in [2.24, 2.45) is 0 Å². The number of hydrogen-bond donors (Lipinski definition) is 0. The summed E-state index contributed by atoms with van der Waals surface area (Å²) in [5.74, 6) is 1.14. The number of ether oxygens (including phenoxy) is 1. The van der Waals surface area contributed by atoms with Gasteiger partial charge in [0.25, 0.3) is 0 Å². The van der Waals surface area contributed by atoms with E-state index < -0.39 is 0 Å². The first-order valence-corrected chi connectivity index (χ1v) is 9.63. The molecule has 0 saturated heterocycles. The lowest BCUT2D eigenvalue weighted by Gasteiger charge is -2.21. The molecule has 0 bridgehead atoms. The zero-order valence-electron chi connectivity index (χ0n) is 14.7. The summed E-state index contributed by atoms with van der Waals surface area (Å²) in [6.45, 7) is 8.53. The van der Waals surface area contributed by atoms with E-state index >= 15 is 0 Å². The van der Waals surface area contributed by atoms with E-state index in [4.69, 9.17) is 9.72 Å². The number of aryl methyl sites for hydroxylation is 1. The van der Waals surface area contributed by atoms with Crippen molar-refractivity contribution in [1.82, 2.24) is 15.0 Å². The Bertz CT molecular complexity index is 914. The maximum atomic E-state index is 5.91. The number of hydrogen-bond acceptors (Lipinski definition) is 5. The number of rotatable bonds is 3. The fourth-order valence-corrected chi connectivity index (χ4v) is 4.75. The van der Waals surface area contributed by atoms with Crippen LogP contribution in [0.4, 0.5) is 0 Å². The van der Waals surface area contributed by atoms with Gasteiger partial charge in [-0.25, -0.2) is 15.0 Å². The molecular formula is C19H23N3OS. The highest BCUT2D eigenvalue weighted by atomic mass is 32.1. The molecule has 3 aromatic heterocycles. The minimum absolute atomic E-state index is 0.0985. The summed E-state index contributed by atoms with van der Waals surface area (Å²) >= 11 is 1.67. The van der Waals surface area contributed by atoms with Gasteiger partial charge in [-0.3, -0.25) is 0 Å². The van der Waals surface area contributed by atoms with Crippen LogP contribution in [-0.2, 0) is 12.8 Å². The van der Waals surface area contributed by atoms with E-state index in [1.54, 1.807) is 17.7 Å². The van der Waals surface area contributed by atoms with Crippen LogP contribution < -0.4 is 4.74 Å². The van der Waals surface area contributed by atoms with Gasteiger partial charge in [-0.05, 0) is 56.6 Å². The average molecular weight is 341 g/mol. The van der Waals surface area contributed by atoms with E-state index in [0.717, 1.165) is 27.9 Å². The highest BCUT2D eigenvalue weighted by molar-refractivity contribution is 7.25. The molecular weight excluding hydrogens is 318 g/mol. The molecule has 0 N–H and O–H groups in total. The van der Waals surface area contributed by atoms with Crippen LogP contribution >= 0.6 is 11.3 Å². The minimum Gasteiger partial charge on any atom is -0.474 e. The van der Waals surface area contributed by atoms with E-state index in [1.165, 1.54) is 35.0 Å². The summed E-state index contributed by atoms with van der Waals surface area (Å²) in [6.07, 6.45) is 6.51. The van der Waals surface area contributed by atoms with Gasteiger partial charge in [-0.15, -0.1) is 11.3 Å². The standard InChI is InChI=1S/C19H23N3OS/c1-10(2)15-13-8-6-5-7-12(13)14-16-17(24-19(14)22-15)18(21-9-20-16)23-11(3)4/h9-11H,5-8H2,1-4H3. The molecule has 0 unspecified atom stereocenters. The molecule has 5 heteroatoms. The number of fused-ring (bicyclic) bond motifs is 5. The van der Waals surface area contributed by atoms with Crippen molar-refractivity contribution in [1.29, 1.82) is 0 Å². The van der Waals surface area contributed by atoms with Gasteiger partial charge in [-0.1, -0.05) is 13.8 Å². The molecule has 1 aliphatic carbocycles. The fraction of sp³-hybridized carbons (Fsp3) is 0.526. The monoisotopic (exact) mass is 341 g/mol. The summed E-state index contributed by atoms with van der Waals surface area (Å²) in [4.78, 5) is 15.1. The first kappa shape index (κ1) is 15.8. The Hall–Kier alpha value is -1.75. The molecule has 3 heterocycles. The Labute approximate surface area is 146 Å². The van der Waals surface area contributed by atoms with Crippen LogP contribution in [0, 0.1) is 0 Å². The largest absolute Gasteiger partial charge is 0.474 e. The van der Waals surface area contributed by atoms with Crippen LogP contribution in [0.15, 0.2) is 6.33 Å². The van der Waals surface area contributed by atoms with Gasteiger partial charge in [-0.2, -0.15) is 0 Å². The zero-order chi connectivity index (χ0) is 16.8. The van der Waals surface area contributed by atoms with Crippen molar-refractivity contribution in [3.05, 3.63) is 23.1 Å². The molecule has 0 amide bonds.